The van der Waals surface area contributed by atoms with Crippen LogP contribution >= 0.6 is 22.7 Å². The fraction of sp³-hybridized carbons (Fsp3) is 0.182. The maximum Gasteiger partial charge on any atom is 0.309 e. The van der Waals surface area contributed by atoms with E-state index in [1.54, 1.807) is 5.38 Å². The molecule has 0 radical (unpaired) electrons. The van der Waals surface area contributed by atoms with E-state index >= 15 is 0 Å². The molecule has 0 aliphatic carbocycles. The zero-order valence-corrected chi connectivity index (χ0v) is 12.4. The molecule has 8 nitrogen and oxygen atoms in total. The van der Waals surface area contributed by atoms with E-state index in [1.165, 1.54) is 12.3 Å². The molecule has 0 bridgehead atoms. The molecule has 0 aliphatic heterocycles. The van der Waals surface area contributed by atoms with Gasteiger partial charge in [-0.3, -0.25) is 19.7 Å². The van der Waals surface area contributed by atoms with Crippen molar-refractivity contribution in [2.75, 3.05) is 10.6 Å². The smallest absolute Gasteiger partial charge is 0.309 e. The lowest BCUT2D eigenvalue weighted by molar-refractivity contribution is -0.136. The van der Waals surface area contributed by atoms with Gasteiger partial charge in [0.1, 0.15) is 5.69 Å². The second kappa shape index (κ2) is 6.41. The first-order valence-corrected chi connectivity index (χ1v) is 7.40. The highest BCUT2D eigenvalue weighted by molar-refractivity contribution is 7.14. The molecule has 0 spiro atoms. The summed E-state index contributed by atoms with van der Waals surface area (Å²) in [7, 11) is 0. The van der Waals surface area contributed by atoms with E-state index in [0.717, 1.165) is 22.7 Å². The van der Waals surface area contributed by atoms with Crippen LogP contribution in [-0.2, 0) is 16.0 Å². The number of carboxylic acids is 1. The predicted octanol–water partition coefficient (Wildman–Crippen LogP) is 1.44. The third-order valence-corrected chi connectivity index (χ3v) is 3.69. The summed E-state index contributed by atoms with van der Waals surface area (Å²) in [5.41, 5.74) is 0.527. The summed E-state index contributed by atoms with van der Waals surface area (Å²) in [6.45, 7) is 1.35. The molecule has 2 aromatic rings. The number of hydrogen-bond donors (Lipinski definition) is 3. The first kappa shape index (κ1) is 15.1. The number of thiazole rings is 2. The Bertz CT molecular complexity index is 694. The number of anilines is 2. The summed E-state index contributed by atoms with van der Waals surface area (Å²) in [6.07, 6.45) is -0.199. The molecule has 110 valence electrons. The number of aliphatic carboxylic acids is 1. The van der Waals surface area contributed by atoms with Crippen LogP contribution in [0.25, 0.3) is 0 Å². The van der Waals surface area contributed by atoms with Gasteiger partial charge in [-0.1, -0.05) is 0 Å². The summed E-state index contributed by atoms with van der Waals surface area (Å²) in [5.74, 6) is -1.73. The molecule has 2 amide bonds. The molecule has 3 N–H and O–H groups in total. The van der Waals surface area contributed by atoms with Gasteiger partial charge < -0.3 is 10.4 Å². The van der Waals surface area contributed by atoms with Crippen LogP contribution in [0, 0.1) is 0 Å². The minimum Gasteiger partial charge on any atom is -0.481 e. The van der Waals surface area contributed by atoms with Gasteiger partial charge in [-0.25, -0.2) is 9.97 Å². The van der Waals surface area contributed by atoms with Crippen molar-refractivity contribution in [1.29, 1.82) is 0 Å². The van der Waals surface area contributed by atoms with Crippen LogP contribution in [-0.4, -0.2) is 32.9 Å². The number of carbonyl (C=O) groups is 3. The van der Waals surface area contributed by atoms with Crippen molar-refractivity contribution in [3.63, 3.8) is 0 Å². The molecular weight excluding hydrogens is 316 g/mol. The van der Waals surface area contributed by atoms with E-state index in [2.05, 4.69) is 20.6 Å². The van der Waals surface area contributed by atoms with Crippen LogP contribution in [0.1, 0.15) is 23.1 Å². The number of nitrogens with zero attached hydrogens (tertiary/aromatic N) is 2. The normalized spacial score (nSPS) is 10.1. The van der Waals surface area contributed by atoms with Crippen LogP contribution in [0.5, 0.6) is 0 Å². The second-order valence-corrected chi connectivity index (χ2v) is 5.60. The molecule has 0 aromatic carbocycles. The highest BCUT2D eigenvalue weighted by Crippen LogP contribution is 2.19. The number of nitrogens with one attached hydrogen (secondary N) is 2. The summed E-state index contributed by atoms with van der Waals surface area (Å²) in [6, 6.07) is 0. The largest absolute Gasteiger partial charge is 0.481 e. The van der Waals surface area contributed by atoms with Gasteiger partial charge in [-0.15, -0.1) is 22.7 Å². The predicted molar refractivity (Wildman–Crippen MR) is 77.8 cm³/mol. The minimum atomic E-state index is -0.988. The van der Waals surface area contributed by atoms with E-state index in [1.807, 2.05) is 0 Å². The zero-order chi connectivity index (χ0) is 15.4. The van der Waals surface area contributed by atoms with Gasteiger partial charge in [-0.05, 0) is 0 Å². The van der Waals surface area contributed by atoms with Crippen molar-refractivity contribution in [3.8, 4) is 0 Å². The lowest BCUT2D eigenvalue weighted by Crippen LogP contribution is -2.13. The number of carboxylic acid groups (broad SMARTS) is 1. The lowest BCUT2D eigenvalue weighted by atomic mass is 10.3. The van der Waals surface area contributed by atoms with E-state index in [0.29, 0.717) is 16.0 Å². The highest BCUT2D eigenvalue weighted by Gasteiger charge is 2.14. The summed E-state index contributed by atoms with van der Waals surface area (Å²) in [4.78, 5) is 41.3. The Balaban J connectivity index is 2.00. The molecule has 2 aromatic heterocycles. The van der Waals surface area contributed by atoms with E-state index < -0.39 is 11.9 Å². The second-order valence-electron chi connectivity index (χ2n) is 3.89. The first-order chi connectivity index (χ1) is 9.94. The topological polar surface area (TPSA) is 121 Å². The van der Waals surface area contributed by atoms with Crippen molar-refractivity contribution < 1.29 is 19.5 Å². The van der Waals surface area contributed by atoms with Crippen molar-refractivity contribution in [1.82, 2.24) is 9.97 Å². The van der Waals surface area contributed by atoms with Crippen molar-refractivity contribution in [2.24, 2.45) is 0 Å². The van der Waals surface area contributed by atoms with Crippen LogP contribution < -0.4 is 10.6 Å². The average molecular weight is 326 g/mol. The molecule has 0 atom stereocenters. The Hall–Kier alpha value is -2.33. The maximum atomic E-state index is 11.9. The fourth-order valence-corrected chi connectivity index (χ4v) is 2.79. The fourth-order valence-electron chi connectivity index (χ4n) is 1.35. The molecule has 21 heavy (non-hydrogen) atoms. The van der Waals surface area contributed by atoms with Crippen LogP contribution in [0.4, 0.5) is 10.3 Å². The average Bonchev–Trinajstić information content (AvgIpc) is 2.97. The van der Waals surface area contributed by atoms with Gasteiger partial charge in [0.2, 0.25) is 5.91 Å². The third kappa shape index (κ3) is 4.33. The summed E-state index contributed by atoms with van der Waals surface area (Å²) in [5, 5.41) is 17.3. The Labute approximate surface area is 126 Å². The molecule has 0 fully saturated rings. The molecule has 2 heterocycles. The standard InChI is InChI=1S/C11H10N4O4S2/c1-5(16)12-10-14-7(4-21-10)9(19)15-11-13-6(3-20-11)2-8(17)18/h3-4H,2H2,1H3,(H,17,18)(H,12,14,16)(H,13,15,19). The molecule has 0 saturated heterocycles. The molecule has 0 aliphatic rings. The van der Waals surface area contributed by atoms with Crippen molar-refractivity contribution in [2.45, 2.75) is 13.3 Å². The van der Waals surface area contributed by atoms with E-state index in [-0.39, 0.29) is 18.0 Å². The monoisotopic (exact) mass is 326 g/mol. The van der Waals surface area contributed by atoms with Crippen molar-refractivity contribution in [3.05, 3.63) is 22.1 Å². The lowest BCUT2D eigenvalue weighted by Gasteiger charge is -1.97. The van der Waals surface area contributed by atoms with Gasteiger partial charge in [0.25, 0.3) is 5.91 Å². The molecule has 0 saturated carbocycles. The van der Waals surface area contributed by atoms with Gasteiger partial charge in [0.05, 0.1) is 12.1 Å². The number of amides is 2. The highest BCUT2D eigenvalue weighted by atomic mass is 32.1. The molecule has 0 unspecified atom stereocenters. The minimum absolute atomic E-state index is 0.152. The van der Waals surface area contributed by atoms with Crippen LogP contribution in [0.2, 0.25) is 0 Å². The van der Waals surface area contributed by atoms with E-state index in [4.69, 9.17) is 5.11 Å². The summed E-state index contributed by atoms with van der Waals surface area (Å²) < 4.78 is 0. The quantitative estimate of drug-likeness (QED) is 0.764. The van der Waals surface area contributed by atoms with Gasteiger partial charge in [-0.2, -0.15) is 0 Å². The van der Waals surface area contributed by atoms with Gasteiger partial charge in [0.15, 0.2) is 10.3 Å². The SMILES string of the molecule is CC(=O)Nc1nc(C(=O)Nc2nc(CC(=O)O)cs2)cs1. The Kier molecular flexibility index (Phi) is 4.60. The molecular formula is C11H10N4O4S2. The Morgan fingerprint density at radius 3 is 2.48 bits per heavy atom. The van der Waals surface area contributed by atoms with Gasteiger partial charge in [0, 0.05) is 17.7 Å². The van der Waals surface area contributed by atoms with Gasteiger partial charge >= 0.3 is 5.97 Å². The zero-order valence-electron chi connectivity index (χ0n) is 10.7. The Morgan fingerprint density at radius 1 is 1.14 bits per heavy atom. The Morgan fingerprint density at radius 2 is 1.81 bits per heavy atom. The first-order valence-electron chi connectivity index (χ1n) is 5.64. The number of aromatic nitrogens is 2. The number of carbonyl (C=O) groups excluding carboxylic acids is 2. The number of hydrogen-bond acceptors (Lipinski definition) is 7. The van der Waals surface area contributed by atoms with E-state index in [9.17, 15) is 14.4 Å². The van der Waals surface area contributed by atoms with Crippen LogP contribution in [0.3, 0.4) is 0 Å². The van der Waals surface area contributed by atoms with Crippen LogP contribution in [0.15, 0.2) is 10.8 Å². The summed E-state index contributed by atoms with van der Waals surface area (Å²) >= 11 is 2.26. The molecule has 10 heteroatoms. The molecule has 2 rings (SSSR count). The maximum absolute atomic E-state index is 11.9. The third-order valence-electron chi connectivity index (χ3n) is 2.12. The van der Waals surface area contributed by atoms with Crippen molar-refractivity contribution >= 4 is 50.7 Å². The number of rotatable bonds is 5.